The van der Waals surface area contributed by atoms with Crippen molar-refractivity contribution in [3.8, 4) is 28.1 Å². The third-order valence-electron chi connectivity index (χ3n) is 11.5. The minimum Gasteiger partial charge on any atom is -0.310 e. The zero-order chi connectivity index (χ0) is 37.8. The number of aromatic nitrogens is 4. The maximum atomic E-state index is 4.66. The van der Waals surface area contributed by atoms with E-state index in [0.29, 0.717) is 0 Å². The van der Waals surface area contributed by atoms with Crippen LogP contribution in [0, 0.1) is 0 Å². The first-order chi connectivity index (χ1) is 28.3. The summed E-state index contributed by atoms with van der Waals surface area (Å²) in [5.41, 5.74) is 14.7. The van der Waals surface area contributed by atoms with Crippen molar-refractivity contribution in [2.75, 3.05) is 4.90 Å². The smallest absolute Gasteiger partial charge is 0.140 e. The molecule has 10 aromatic rings. The van der Waals surface area contributed by atoms with Crippen molar-refractivity contribution in [3.63, 3.8) is 0 Å². The third-order valence-corrected chi connectivity index (χ3v) is 11.5. The largest absolute Gasteiger partial charge is 0.310 e. The van der Waals surface area contributed by atoms with Crippen molar-refractivity contribution in [1.82, 2.24) is 19.5 Å². The highest BCUT2D eigenvalue weighted by atomic mass is 15.1. The van der Waals surface area contributed by atoms with E-state index in [-0.39, 0.29) is 0 Å². The van der Waals surface area contributed by atoms with E-state index in [1.807, 2.05) is 18.5 Å². The Balaban J connectivity index is 1.17. The molecule has 0 spiro atoms. The zero-order valence-corrected chi connectivity index (χ0v) is 30.9. The number of hydrogen-bond acceptors (Lipinski definition) is 4. The first kappa shape index (κ1) is 32.8. The third kappa shape index (κ3) is 5.13. The van der Waals surface area contributed by atoms with Gasteiger partial charge in [-0.25, -0.2) is 9.97 Å². The Hall–Kier alpha value is -7.63. The lowest BCUT2D eigenvalue weighted by Gasteiger charge is -2.35. The lowest BCUT2D eigenvalue weighted by Crippen LogP contribution is -2.28. The van der Waals surface area contributed by atoms with Crippen LogP contribution in [-0.4, -0.2) is 19.5 Å². The second kappa shape index (κ2) is 13.3. The summed E-state index contributed by atoms with van der Waals surface area (Å²) in [6, 6.07) is 68.2. The molecular formula is C52H35N5. The van der Waals surface area contributed by atoms with Crippen LogP contribution in [0.4, 0.5) is 17.1 Å². The minimum absolute atomic E-state index is 0.518. The monoisotopic (exact) mass is 729 g/mol. The summed E-state index contributed by atoms with van der Waals surface area (Å²) >= 11 is 0. The fraction of sp³-hybridized carbons (Fsp3) is 0.0192. The van der Waals surface area contributed by atoms with Crippen LogP contribution in [0.3, 0.4) is 0 Å². The maximum absolute atomic E-state index is 4.66. The first-order valence-corrected chi connectivity index (χ1v) is 19.2. The molecule has 7 aromatic carbocycles. The molecule has 0 aliphatic heterocycles. The van der Waals surface area contributed by atoms with E-state index in [2.05, 4.69) is 206 Å². The molecule has 5 nitrogen and oxygen atoms in total. The normalized spacial score (nSPS) is 12.7. The molecule has 57 heavy (non-hydrogen) atoms. The zero-order valence-electron chi connectivity index (χ0n) is 30.9. The highest BCUT2D eigenvalue weighted by Crippen LogP contribution is 2.57. The van der Waals surface area contributed by atoms with Gasteiger partial charge >= 0.3 is 0 Å². The summed E-state index contributed by atoms with van der Waals surface area (Å²) < 4.78 is 2.23. The van der Waals surface area contributed by atoms with Gasteiger partial charge in [-0.3, -0.25) is 9.55 Å². The van der Waals surface area contributed by atoms with Gasteiger partial charge in [-0.1, -0.05) is 121 Å². The molecule has 268 valence electrons. The summed E-state index contributed by atoms with van der Waals surface area (Å²) in [6.07, 6.45) is 7.10. The molecule has 0 unspecified atom stereocenters. The van der Waals surface area contributed by atoms with E-state index in [1.54, 1.807) is 12.5 Å². The standard InChI is InChI=1S/C52H35N5/c1-3-11-38(12-4-1)52(39-13-5-2-6-14-39)47-17-9-7-15-43(47)44-25-23-42(34-48(44)52)56(40-21-19-36(20-22-40)37-27-30-53-31-28-37)41-24-26-50-46(33-41)45-16-8-10-18-49(45)57(50)51-29-32-54-35-55-51/h1-35H. The maximum Gasteiger partial charge on any atom is 0.140 e. The van der Waals surface area contributed by atoms with Gasteiger partial charge < -0.3 is 4.90 Å². The van der Waals surface area contributed by atoms with E-state index in [9.17, 15) is 0 Å². The van der Waals surface area contributed by atoms with Crippen molar-refractivity contribution < 1.29 is 0 Å². The molecular weight excluding hydrogens is 695 g/mol. The average Bonchev–Trinajstić information content (AvgIpc) is 3.78. The van der Waals surface area contributed by atoms with E-state index >= 15 is 0 Å². The van der Waals surface area contributed by atoms with Gasteiger partial charge in [0.05, 0.1) is 16.4 Å². The SMILES string of the molecule is c1ccc(C2(c3ccccc3)c3ccccc3-c3ccc(N(c4ccc(-c5ccncc5)cc4)c4ccc5c(c4)c4ccccc4n5-c4ccncn4)cc32)cc1. The van der Waals surface area contributed by atoms with Crippen molar-refractivity contribution >= 4 is 38.9 Å². The molecule has 0 fully saturated rings. The molecule has 3 heterocycles. The second-order valence-corrected chi connectivity index (χ2v) is 14.5. The molecule has 0 bridgehead atoms. The van der Waals surface area contributed by atoms with Crippen LogP contribution in [-0.2, 0) is 5.41 Å². The molecule has 11 rings (SSSR count). The van der Waals surface area contributed by atoms with Gasteiger partial charge in [0.15, 0.2) is 0 Å². The molecule has 1 aliphatic rings. The lowest BCUT2D eigenvalue weighted by atomic mass is 9.67. The van der Waals surface area contributed by atoms with Gasteiger partial charge in [0.25, 0.3) is 0 Å². The van der Waals surface area contributed by atoms with E-state index in [1.165, 1.54) is 33.4 Å². The molecule has 0 radical (unpaired) electrons. The molecule has 0 N–H and O–H groups in total. The Kier molecular flexibility index (Phi) is 7.64. The number of nitrogens with zero attached hydrogens (tertiary/aromatic N) is 5. The molecule has 0 atom stereocenters. The van der Waals surface area contributed by atoms with Crippen LogP contribution in [0.2, 0.25) is 0 Å². The lowest BCUT2D eigenvalue weighted by molar-refractivity contribution is 0.768. The summed E-state index contributed by atoms with van der Waals surface area (Å²) in [4.78, 5) is 15.5. The molecule has 0 saturated carbocycles. The topological polar surface area (TPSA) is 46.8 Å². The number of fused-ring (bicyclic) bond motifs is 6. The minimum atomic E-state index is -0.518. The second-order valence-electron chi connectivity index (χ2n) is 14.5. The molecule has 5 heteroatoms. The van der Waals surface area contributed by atoms with E-state index in [4.69, 9.17) is 0 Å². The predicted octanol–water partition coefficient (Wildman–Crippen LogP) is 12.5. The molecule has 0 saturated heterocycles. The van der Waals surface area contributed by atoms with E-state index in [0.717, 1.165) is 55.8 Å². The number of pyridine rings is 1. The van der Waals surface area contributed by atoms with Crippen LogP contribution < -0.4 is 4.90 Å². The quantitative estimate of drug-likeness (QED) is 0.164. The fourth-order valence-electron chi connectivity index (χ4n) is 9.13. The molecule has 3 aromatic heterocycles. The Morgan fingerprint density at radius 3 is 1.77 bits per heavy atom. The number of para-hydroxylation sites is 1. The van der Waals surface area contributed by atoms with Gasteiger partial charge in [0, 0.05) is 46.4 Å². The molecule has 1 aliphatic carbocycles. The number of rotatable bonds is 7. The summed E-state index contributed by atoms with van der Waals surface area (Å²) in [7, 11) is 0. The summed E-state index contributed by atoms with van der Waals surface area (Å²) in [5, 5.41) is 2.31. The van der Waals surface area contributed by atoms with E-state index < -0.39 is 5.41 Å². The van der Waals surface area contributed by atoms with Crippen molar-refractivity contribution in [3.05, 3.63) is 235 Å². The van der Waals surface area contributed by atoms with Crippen LogP contribution in [0.5, 0.6) is 0 Å². The van der Waals surface area contributed by atoms with Crippen LogP contribution in [0.1, 0.15) is 22.3 Å². The van der Waals surface area contributed by atoms with Gasteiger partial charge in [-0.05, 0) is 111 Å². The van der Waals surface area contributed by atoms with Gasteiger partial charge in [0.2, 0.25) is 0 Å². The van der Waals surface area contributed by atoms with Crippen LogP contribution >= 0.6 is 0 Å². The Labute approximate surface area is 330 Å². The summed E-state index contributed by atoms with van der Waals surface area (Å²) in [5.74, 6) is 0.837. The number of benzene rings is 7. The fourth-order valence-corrected chi connectivity index (χ4v) is 9.13. The predicted molar refractivity (Wildman–Crippen MR) is 232 cm³/mol. The Bertz CT molecular complexity index is 3010. The van der Waals surface area contributed by atoms with Crippen molar-refractivity contribution in [1.29, 1.82) is 0 Å². The highest BCUT2D eigenvalue weighted by Gasteiger charge is 2.46. The number of hydrogen-bond donors (Lipinski definition) is 0. The highest BCUT2D eigenvalue weighted by molar-refractivity contribution is 6.10. The Morgan fingerprint density at radius 2 is 1.02 bits per heavy atom. The van der Waals surface area contributed by atoms with Crippen LogP contribution in [0.15, 0.2) is 213 Å². The van der Waals surface area contributed by atoms with Crippen molar-refractivity contribution in [2.24, 2.45) is 0 Å². The van der Waals surface area contributed by atoms with Gasteiger partial charge in [0.1, 0.15) is 12.1 Å². The summed E-state index contributed by atoms with van der Waals surface area (Å²) in [6.45, 7) is 0. The number of anilines is 3. The van der Waals surface area contributed by atoms with Gasteiger partial charge in [-0.15, -0.1) is 0 Å². The first-order valence-electron chi connectivity index (χ1n) is 19.2. The van der Waals surface area contributed by atoms with Crippen LogP contribution in [0.25, 0.3) is 49.9 Å². The van der Waals surface area contributed by atoms with Gasteiger partial charge in [-0.2, -0.15) is 0 Å². The Morgan fingerprint density at radius 1 is 0.421 bits per heavy atom. The van der Waals surface area contributed by atoms with Crippen molar-refractivity contribution in [2.45, 2.75) is 5.41 Å². The molecule has 0 amide bonds. The average molecular weight is 730 g/mol.